The molecular weight excluding hydrogens is 513 g/mol. The average molecular weight is 538 g/mol. The Morgan fingerprint density at radius 3 is 2.57 bits per heavy atom. The normalized spacial score (nSPS) is 10.9. The number of nitrogens with one attached hydrogen (secondary N) is 3. The van der Waals surface area contributed by atoms with Crippen LogP contribution in [0.3, 0.4) is 0 Å². The van der Waals surface area contributed by atoms with E-state index in [0.717, 1.165) is 0 Å². The molecule has 0 bridgehead atoms. The number of rotatable bonds is 10. The van der Waals surface area contributed by atoms with Crippen LogP contribution in [0.4, 0.5) is 8.78 Å². The minimum Gasteiger partial charge on any atom is -0.490 e. The Kier molecular flexibility index (Phi) is 11.6. The smallest absolute Gasteiger partial charge is 0.387 e. The maximum atomic E-state index is 12.8. The summed E-state index contributed by atoms with van der Waals surface area (Å²) >= 11 is 0. The number of hydrogen-bond donors (Lipinski definition) is 3. The van der Waals surface area contributed by atoms with Gasteiger partial charge in [0, 0.05) is 32.2 Å². The van der Waals surface area contributed by atoms with Crippen LogP contribution in [0.15, 0.2) is 46.0 Å². The number of furan rings is 1. The summed E-state index contributed by atoms with van der Waals surface area (Å²) in [6.07, 6.45) is 1.42. The third-order valence-electron chi connectivity index (χ3n) is 3.69. The zero-order chi connectivity index (χ0) is 21.1. The molecular formula is C19H25F2IN4O4. The van der Waals surface area contributed by atoms with Gasteiger partial charge in [-0.25, -0.2) is 0 Å². The molecule has 3 N–H and O–H groups in total. The Balaban J connectivity index is 0.00000450. The second-order valence-electron chi connectivity index (χ2n) is 5.64. The highest BCUT2D eigenvalue weighted by molar-refractivity contribution is 14.0. The maximum absolute atomic E-state index is 12.8. The molecule has 0 unspecified atom stereocenters. The molecule has 0 aliphatic rings. The highest BCUT2D eigenvalue weighted by Crippen LogP contribution is 2.32. The molecule has 0 fully saturated rings. The summed E-state index contributed by atoms with van der Waals surface area (Å²) in [7, 11) is 1.57. The van der Waals surface area contributed by atoms with Crippen LogP contribution in [0.5, 0.6) is 11.5 Å². The van der Waals surface area contributed by atoms with Crippen LogP contribution in [0.2, 0.25) is 0 Å². The lowest BCUT2D eigenvalue weighted by Gasteiger charge is -2.17. The molecule has 166 valence electrons. The van der Waals surface area contributed by atoms with Crippen molar-refractivity contribution in [3.63, 3.8) is 0 Å². The van der Waals surface area contributed by atoms with Gasteiger partial charge in [-0.15, -0.1) is 24.0 Å². The lowest BCUT2D eigenvalue weighted by molar-refractivity contribution is -0.0520. The van der Waals surface area contributed by atoms with Crippen molar-refractivity contribution in [2.45, 2.75) is 20.1 Å². The molecule has 1 amide bonds. The summed E-state index contributed by atoms with van der Waals surface area (Å²) < 4.78 is 40.6. The third-order valence-corrected chi connectivity index (χ3v) is 3.69. The summed E-state index contributed by atoms with van der Waals surface area (Å²) in [5.41, 5.74) is 0.491. The number of benzene rings is 1. The second kappa shape index (κ2) is 13.6. The molecule has 11 heteroatoms. The van der Waals surface area contributed by atoms with Crippen molar-refractivity contribution in [2.75, 3.05) is 26.7 Å². The fourth-order valence-corrected chi connectivity index (χ4v) is 2.44. The molecule has 0 aliphatic heterocycles. The SMILES string of the molecule is CCOc1cccc(CNC(=NC)NCCNC(=O)c2ccco2)c1OC(F)F.I. The van der Waals surface area contributed by atoms with E-state index in [4.69, 9.17) is 9.15 Å². The summed E-state index contributed by atoms with van der Waals surface area (Å²) in [4.78, 5) is 15.8. The van der Waals surface area contributed by atoms with E-state index in [9.17, 15) is 13.6 Å². The lowest BCUT2D eigenvalue weighted by atomic mass is 10.2. The fraction of sp³-hybridized carbons (Fsp3) is 0.368. The van der Waals surface area contributed by atoms with E-state index in [1.54, 1.807) is 44.3 Å². The fourth-order valence-electron chi connectivity index (χ4n) is 2.44. The van der Waals surface area contributed by atoms with E-state index in [2.05, 4.69) is 25.7 Å². The number of hydrogen-bond acceptors (Lipinski definition) is 5. The van der Waals surface area contributed by atoms with Gasteiger partial charge in [-0.3, -0.25) is 9.79 Å². The van der Waals surface area contributed by atoms with Gasteiger partial charge in [-0.1, -0.05) is 12.1 Å². The Morgan fingerprint density at radius 2 is 1.93 bits per heavy atom. The Labute approximate surface area is 190 Å². The molecule has 0 spiro atoms. The first kappa shape index (κ1) is 25.5. The average Bonchev–Trinajstić information content (AvgIpc) is 3.24. The number of para-hydroxylation sites is 1. The molecule has 1 aromatic carbocycles. The molecule has 0 atom stereocenters. The van der Waals surface area contributed by atoms with E-state index in [1.165, 1.54) is 6.26 Å². The van der Waals surface area contributed by atoms with Gasteiger partial charge < -0.3 is 29.8 Å². The molecule has 0 aliphatic carbocycles. The van der Waals surface area contributed by atoms with E-state index in [-0.39, 0.29) is 53.7 Å². The van der Waals surface area contributed by atoms with Gasteiger partial charge in [-0.05, 0) is 25.1 Å². The van der Waals surface area contributed by atoms with E-state index in [1.807, 2.05) is 0 Å². The van der Waals surface area contributed by atoms with Crippen LogP contribution in [-0.4, -0.2) is 45.2 Å². The number of alkyl halides is 2. The first-order chi connectivity index (χ1) is 14.0. The zero-order valence-corrected chi connectivity index (χ0v) is 18.9. The first-order valence-electron chi connectivity index (χ1n) is 9.00. The molecule has 30 heavy (non-hydrogen) atoms. The first-order valence-corrected chi connectivity index (χ1v) is 9.00. The van der Waals surface area contributed by atoms with Crippen molar-refractivity contribution in [1.82, 2.24) is 16.0 Å². The number of nitrogens with zero attached hydrogens (tertiary/aromatic N) is 1. The topological polar surface area (TPSA) is 97.1 Å². The van der Waals surface area contributed by atoms with Crippen LogP contribution in [0.1, 0.15) is 23.0 Å². The van der Waals surface area contributed by atoms with Gasteiger partial charge in [-0.2, -0.15) is 8.78 Å². The Hall–Kier alpha value is -2.57. The summed E-state index contributed by atoms with van der Waals surface area (Å²) in [5, 5.41) is 8.72. The summed E-state index contributed by atoms with van der Waals surface area (Å²) in [6.45, 7) is 0.0227. The quantitative estimate of drug-likeness (QED) is 0.186. The minimum atomic E-state index is -2.97. The van der Waals surface area contributed by atoms with Crippen molar-refractivity contribution in [2.24, 2.45) is 4.99 Å². The predicted molar refractivity (Wildman–Crippen MR) is 119 cm³/mol. The minimum absolute atomic E-state index is 0. The van der Waals surface area contributed by atoms with Gasteiger partial charge in [0.25, 0.3) is 5.91 Å². The predicted octanol–water partition coefficient (Wildman–Crippen LogP) is 2.99. The molecule has 8 nitrogen and oxygen atoms in total. The molecule has 0 saturated carbocycles. The number of amides is 1. The maximum Gasteiger partial charge on any atom is 0.387 e. The molecule has 0 saturated heterocycles. The third kappa shape index (κ3) is 8.05. The van der Waals surface area contributed by atoms with Crippen molar-refractivity contribution < 1.29 is 27.5 Å². The molecule has 1 aromatic heterocycles. The number of carbonyl (C=O) groups is 1. The van der Waals surface area contributed by atoms with Gasteiger partial charge in [0.05, 0.1) is 12.9 Å². The van der Waals surface area contributed by atoms with Crippen LogP contribution >= 0.6 is 24.0 Å². The second-order valence-corrected chi connectivity index (χ2v) is 5.64. The summed E-state index contributed by atoms with van der Waals surface area (Å²) in [6, 6.07) is 8.12. The van der Waals surface area contributed by atoms with Crippen LogP contribution in [-0.2, 0) is 6.54 Å². The Bertz CT molecular complexity index is 804. The standard InChI is InChI=1S/C19H24F2N4O4.HI/c1-3-27-14-7-4-6-13(16(14)29-18(20)21)12-25-19(22-2)24-10-9-23-17(26)15-8-5-11-28-15;/h4-8,11,18H,3,9-10,12H2,1-2H3,(H,23,26)(H2,22,24,25);1H. The van der Waals surface area contributed by atoms with Crippen LogP contribution < -0.4 is 25.4 Å². The molecule has 2 aromatic rings. The highest BCUT2D eigenvalue weighted by Gasteiger charge is 2.16. The Morgan fingerprint density at radius 1 is 1.17 bits per heavy atom. The van der Waals surface area contributed by atoms with E-state index in [0.29, 0.717) is 31.2 Å². The molecule has 0 radical (unpaired) electrons. The van der Waals surface area contributed by atoms with Crippen LogP contribution in [0, 0.1) is 0 Å². The monoisotopic (exact) mass is 538 g/mol. The zero-order valence-electron chi connectivity index (χ0n) is 16.6. The number of halogens is 3. The number of ether oxygens (including phenoxy) is 2. The van der Waals surface area contributed by atoms with Crippen molar-refractivity contribution in [3.05, 3.63) is 47.9 Å². The largest absolute Gasteiger partial charge is 0.490 e. The highest BCUT2D eigenvalue weighted by atomic mass is 127. The number of carbonyl (C=O) groups excluding carboxylic acids is 1. The molecule has 2 rings (SSSR count). The number of guanidine groups is 1. The van der Waals surface area contributed by atoms with E-state index < -0.39 is 6.61 Å². The number of aliphatic imine (C=N–C) groups is 1. The van der Waals surface area contributed by atoms with Gasteiger partial charge in [0.2, 0.25) is 0 Å². The van der Waals surface area contributed by atoms with Gasteiger partial charge in [0.15, 0.2) is 23.2 Å². The van der Waals surface area contributed by atoms with Gasteiger partial charge in [0.1, 0.15) is 0 Å². The molecule has 1 heterocycles. The van der Waals surface area contributed by atoms with Crippen molar-refractivity contribution >= 4 is 35.8 Å². The van der Waals surface area contributed by atoms with Crippen molar-refractivity contribution in [1.29, 1.82) is 0 Å². The summed E-state index contributed by atoms with van der Waals surface area (Å²) in [5.74, 6) is 0.574. The van der Waals surface area contributed by atoms with Gasteiger partial charge >= 0.3 is 6.61 Å². The van der Waals surface area contributed by atoms with E-state index >= 15 is 0 Å². The van der Waals surface area contributed by atoms with Crippen LogP contribution in [0.25, 0.3) is 0 Å². The van der Waals surface area contributed by atoms with Crippen molar-refractivity contribution in [3.8, 4) is 11.5 Å². The lowest BCUT2D eigenvalue weighted by Crippen LogP contribution is -2.41.